The lowest BCUT2D eigenvalue weighted by molar-refractivity contribution is -0.117. The zero-order valence-electron chi connectivity index (χ0n) is 8.90. The van der Waals surface area contributed by atoms with Crippen LogP contribution >= 0.6 is 27.5 Å². The molecule has 0 spiro atoms. The zero-order valence-corrected chi connectivity index (χ0v) is 11.2. The molecule has 0 heterocycles. The number of amides is 1. The normalized spacial score (nSPS) is 11.3. The summed E-state index contributed by atoms with van der Waals surface area (Å²) in [7, 11) is 0. The van der Waals surface area contributed by atoms with E-state index in [9.17, 15) is 4.79 Å². The molecule has 0 aliphatic heterocycles. The number of alkyl halides is 1. The number of benzene rings is 1. The highest BCUT2D eigenvalue weighted by Gasteiger charge is 2.23. The van der Waals surface area contributed by atoms with Crippen molar-refractivity contribution in [3.8, 4) is 0 Å². The van der Waals surface area contributed by atoms with Gasteiger partial charge in [-0.1, -0.05) is 27.5 Å². The fraction of sp³-hybridized carbons (Fsp3) is 0.364. The summed E-state index contributed by atoms with van der Waals surface area (Å²) in [4.78, 5) is 11.7. The molecule has 15 heavy (non-hydrogen) atoms. The number of carbonyl (C=O) groups is 1. The van der Waals surface area contributed by atoms with Crippen molar-refractivity contribution in [2.45, 2.75) is 25.1 Å². The predicted octanol–water partition coefficient (Wildman–Crippen LogP) is 3.76. The fourth-order valence-corrected chi connectivity index (χ4v) is 1.36. The average molecular weight is 291 g/mol. The van der Waals surface area contributed by atoms with E-state index in [0.29, 0.717) is 5.02 Å². The molecule has 1 rings (SSSR count). The molecule has 82 valence electrons. The standard InChI is InChI=1S/C11H13BrClNO/c1-7-6-8(13)4-5-9(7)14-10(15)11(2,3)12/h4-6H,1-3H3,(H,14,15). The molecule has 1 amide bonds. The Morgan fingerprint density at radius 2 is 2.07 bits per heavy atom. The van der Waals surface area contributed by atoms with Crippen LogP contribution in [0.3, 0.4) is 0 Å². The highest BCUT2D eigenvalue weighted by atomic mass is 79.9. The van der Waals surface area contributed by atoms with Crippen LogP contribution in [0.4, 0.5) is 5.69 Å². The molecule has 0 aliphatic carbocycles. The van der Waals surface area contributed by atoms with Gasteiger partial charge in [-0.25, -0.2) is 0 Å². The van der Waals surface area contributed by atoms with E-state index in [1.165, 1.54) is 0 Å². The van der Waals surface area contributed by atoms with E-state index in [4.69, 9.17) is 11.6 Å². The first kappa shape index (κ1) is 12.5. The Balaban J connectivity index is 2.87. The summed E-state index contributed by atoms with van der Waals surface area (Å²) >= 11 is 9.12. The van der Waals surface area contributed by atoms with Gasteiger partial charge in [-0.05, 0) is 44.5 Å². The summed E-state index contributed by atoms with van der Waals surface area (Å²) < 4.78 is -0.570. The van der Waals surface area contributed by atoms with E-state index in [2.05, 4.69) is 21.2 Å². The van der Waals surface area contributed by atoms with Gasteiger partial charge < -0.3 is 5.32 Å². The lowest BCUT2D eigenvalue weighted by Crippen LogP contribution is -2.31. The molecular weight excluding hydrogens is 277 g/mol. The topological polar surface area (TPSA) is 29.1 Å². The van der Waals surface area contributed by atoms with E-state index in [0.717, 1.165) is 11.3 Å². The Labute approximate surface area is 103 Å². The second kappa shape index (κ2) is 4.54. The highest BCUT2D eigenvalue weighted by molar-refractivity contribution is 9.10. The van der Waals surface area contributed by atoms with Gasteiger partial charge in [0, 0.05) is 10.7 Å². The number of carbonyl (C=O) groups excluding carboxylic acids is 1. The van der Waals surface area contributed by atoms with Crippen LogP contribution in [0.5, 0.6) is 0 Å². The molecular formula is C11H13BrClNO. The van der Waals surface area contributed by atoms with Crippen LogP contribution in [0, 0.1) is 6.92 Å². The number of rotatable bonds is 2. The Morgan fingerprint density at radius 3 is 2.53 bits per heavy atom. The van der Waals surface area contributed by atoms with Crippen molar-refractivity contribution < 1.29 is 4.79 Å². The summed E-state index contributed by atoms with van der Waals surface area (Å²) in [5, 5.41) is 3.50. The highest BCUT2D eigenvalue weighted by Crippen LogP contribution is 2.23. The quantitative estimate of drug-likeness (QED) is 0.826. The first-order chi connectivity index (χ1) is 6.80. The zero-order chi connectivity index (χ0) is 11.6. The maximum absolute atomic E-state index is 11.7. The molecule has 1 aromatic rings. The number of anilines is 1. The third-order valence-electron chi connectivity index (χ3n) is 1.98. The van der Waals surface area contributed by atoms with E-state index in [1.54, 1.807) is 26.0 Å². The first-order valence-corrected chi connectivity index (χ1v) is 5.74. The molecule has 0 aromatic heterocycles. The largest absolute Gasteiger partial charge is 0.325 e. The van der Waals surface area contributed by atoms with Crippen LogP contribution in [-0.4, -0.2) is 10.2 Å². The number of hydrogen-bond acceptors (Lipinski definition) is 1. The molecule has 0 saturated heterocycles. The van der Waals surface area contributed by atoms with Gasteiger partial charge in [0.05, 0.1) is 4.32 Å². The van der Waals surface area contributed by atoms with Crippen molar-refractivity contribution in [3.63, 3.8) is 0 Å². The van der Waals surface area contributed by atoms with Crippen LogP contribution in [0.2, 0.25) is 5.02 Å². The third-order valence-corrected chi connectivity index (χ3v) is 2.57. The third kappa shape index (κ3) is 3.50. The minimum absolute atomic E-state index is 0.0760. The van der Waals surface area contributed by atoms with Gasteiger partial charge in [0.15, 0.2) is 0 Å². The van der Waals surface area contributed by atoms with Crippen LogP contribution in [0.25, 0.3) is 0 Å². The summed E-state index contributed by atoms with van der Waals surface area (Å²) in [6, 6.07) is 5.37. The monoisotopic (exact) mass is 289 g/mol. The number of hydrogen-bond donors (Lipinski definition) is 1. The van der Waals surface area contributed by atoms with Gasteiger partial charge in [-0.3, -0.25) is 4.79 Å². The molecule has 0 saturated carbocycles. The molecule has 2 nitrogen and oxygen atoms in total. The molecule has 0 bridgehead atoms. The fourth-order valence-electron chi connectivity index (χ4n) is 1.04. The molecule has 1 aromatic carbocycles. The Kier molecular flexibility index (Phi) is 3.79. The van der Waals surface area contributed by atoms with Crippen molar-refractivity contribution in [2.75, 3.05) is 5.32 Å². The number of aryl methyl sites for hydroxylation is 1. The minimum Gasteiger partial charge on any atom is -0.325 e. The van der Waals surface area contributed by atoms with Crippen molar-refractivity contribution in [2.24, 2.45) is 0 Å². The number of halogens is 2. The first-order valence-electron chi connectivity index (χ1n) is 4.57. The summed E-state index contributed by atoms with van der Waals surface area (Å²) in [5.41, 5.74) is 1.74. The molecule has 4 heteroatoms. The maximum Gasteiger partial charge on any atom is 0.240 e. The molecule has 0 radical (unpaired) electrons. The lowest BCUT2D eigenvalue weighted by Gasteiger charge is -2.17. The molecule has 0 unspecified atom stereocenters. The molecule has 0 atom stereocenters. The SMILES string of the molecule is Cc1cc(Cl)ccc1NC(=O)C(C)(C)Br. The number of nitrogens with one attached hydrogen (secondary N) is 1. The van der Waals surface area contributed by atoms with E-state index in [-0.39, 0.29) is 5.91 Å². The summed E-state index contributed by atoms with van der Waals surface area (Å²) in [6.07, 6.45) is 0. The van der Waals surface area contributed by atoms with Crippen molar-refractivity contribution in [3.05, 3.63) is 28.8 Å². The van der Waals surface area contributed by atoms with Crippen LogP contribution in [0.15, 0.2) is 18.2 Å². The Morgan fingerprint density at radius 1 is 1.47 bits per heavy atom. The molecule has 0 aliphatic rings. The average Bonchev–Trinajstić information content (AvgIpc) is 2.08. The predicted molar refractivity (Wildman–Crippen MR) is 67.8 cm³/mol. The van der Waals surface area contributed by atoms with Gasteiger partial charge in [0.2, 0.25) is 5.91 Å². The van der Waals surface area contributed by atoms with Gasteiger partial charge >= 0.3 is 0 Å². The van der Waals surface area contributed by atoms with E-state index < -0.39 is 4.32 Å². The molecule has 0 fully saturated rings. The Hall–Kier alpha value is -0.540. The smallest absolute Gasteiger partial charge is 0.240 e. The van der Waals surface area contributed by atoms with Gasteiger partial charge in [-0.15, -0.1) is 0 Å². The van der Waals surface area contributed by atoms with Crippen LogP contribution in [0.1, 0.15) is 19.4 Å². The van der Waals surface area contributed by atoms with Crippen molar-refractivity contribution in [1.29, 1.82) is 0 Å². The van der Waals surface area contributed by atoms with Gasteiger partial charge in [-0.2, -0.15) is 0 Å². The summed E-state index contributed by atoms with van der Waals surface area (Å²) in [6.45, 7) is 5.50. The minimum atomic E-state index is -0.570. The second-order valence-electron chi connectivity index (χ2n) is 3.89. The summed E-state index contributed by atoms with van der Waals surface area (Å²) in [5.74, 6) is -0.0760. The van der Waals surface area contributed by atoms with E-state index in [1.807, 2.05) is 13.0 Å². The molecule has 1 N–H and O–H groups in total. The van der Waals surface area contributed by atoms with E-state index >= 15 is 0 Å². The van der Waals surface area contributed by atoms with Crippen molar-refractivity contribution >= 4 is 39.1 Å². The lowest BCUT2D eigenvalue weighted by atomic mass is 10.1. The maximum atomic E-state index is 11.7. The van der Waals surface area contributed by atoms with Crippen LogP contribution < -0.4 is 5.32 Å². The van der Waals surface area contributed by atoms with Crippen LogP contribution in [-0.2, 0) is 4.79 Å². The van der Waals surface area contributed by atoms with Gasteiger partial charge in [0.25, 0.3) is 0 Å². The Bertz CT molecular complexity index is 385. The van der Waals surface area contributed by atoms with Gasteiger partial charge in [0.1, 0.15) is 0 Å². The second-order valence-corrected chi connectivity index (χ2v) is 6.30. The van der Waals surface area contributed by atoms with Crippen molar-refractivity contribution in [1.82, 2.24) is 0 Å².